The van der Waals surface area contributed by atoms with Gasteiger partial charge in [-0.1, -0.05) is 54.2 Å². The highest BCUT2D eigenvalue weighted by Gasteiger charge is 2.19. The maximum atomic E-state index is 13.4. The Morgan fingerprint density at radius 3 is 2.53 bits per heavy atom. The van der Waals surface area contributed by atoms with Crippen molar-refractivity contribution >= 4 is 39.9 Å². The molecule has 34 heavy (non-hydrogen) atoms. The molecule has 1 atom stereocenters. The number of para-hydroxylation sites is 1. The second-order valence-corrected chi connectivity index (χ2v) is 8.71. The summed E-state index contributed by atoms with van der Waals surface area (Å²) < 4.78 is 1.62. The van der Waals surface area contributed by atoms with E-state index in [4.69, 9.17) is 0 Å². The van der Waals surface area contributed by atoms with E-state index in [0.717, 1.165) is 5.56 Å². The van der Waals surface area contributed by atoms with Crippen LogP contribution in [0.2, 0.25) is 0 Å². The topological polar surface area (TPSA) is 107 Å². The number of anilines is 1. The van der Waals surface area contributed by atoms with Crippen LogP contribution in [0.3, 0.4) is 0 Å². The predicted octanol–water partition coefficient (Wildman–Crippen LogP) is 4.95. The summed E-state index contributed by atoms with van der Waals surface area (Å²) in [6.45, 7) is 3.62. The van der Waals surface area contributed by atoms with E-state index >= 15 is 0 Å². The zero-order valence-electron chi connectivity index (χ0n) is 18.6. The number of carbonyl (C=O) groups is 1. The summed E-state index contributed by atoms with van der Waals surface area (Å²) in [7, 11) is 0. The summed E-state index contributed by atoms with van der Waals surface area (Å²) in [5.74, 6) is -0.286. The molecule has 0 fully saturated rings. The number of non-ortho nitro benzene ring substituents is 1. The Kier molecular flexibility index (Phi) is 6.74. The number of carbonyl (C=O) groups excluding carboxylic acids is 1. The number of nitrogens with one attached hydrogen (secondary N) is 1. The zero-order valence-corrected chi connectivity index (χ0v) is 19.4. The van der Waals surface area contributed by atoms with E-state index < -0.39 is 4.92 Å². The second-order valence-electron chi connectivity index (χ2n) is 7.77. The van der Waals surface area contributed by atoms with Crippen LogP contribution in [0.4, 0.5) is 11.4 Å². The van der Waals surface area contributed by atoms with Gasteiger partial charge in [-0.2, -0.15) is 0 Å². The second kappa shape index (κ2) is 9.88. The van der Waals surface area contributed by atoms with Gasteiger partial charge in [0.05, 0.1) is 27.6 Å². The molecule has 1 heterocycles. The average molecular weight is 475 g/mol. The van der Waals surface area contributed by atoms with Crippen molar-refractivity contribution in [2.24, 2.45) is 0 Å². The van der Waals surface area contributed by atoms with Gasteiger partial charge < -0.3 is 5.32 Å². The normalized spacial score (nSPS) is 11.8. The molecule has 1 unspecified atom stereocenters. The molecule has 0 bridgehead atoms. The van der Waals surface area contributed by atoms with Crippen LogP contribution in [-0.4, -0.2) is 26.1 Å². The zero-order chi connectivity index (χ0) is 24.2. The number of amides is 1. The van der Waals surface area contributed by atoms with E-state index in [-0.39, 0.29) is 28.9 Å². The van der Waals surface area contributed by atoms with Crippen molar-refractivity contribution in [3.05, 3.63) is 104 Å². The minimum Gasteiger partial charge on any atom is -0.325 e. The first-order valence-corrected chi connectivity index (χ1v) is 11.6. The van der Waals surface area contributed by atoms with Crippen molar-refractivity contribution in [3.63, 3.8) is 0 Å². The Morgan fingerprint density at radius 2 is 1.82 bits per heavy atom. The summed E-state index contributed by atoms with van der Waals surface area (Å²) >= 11 is 1.17. The number of nitro groups is 1. The molecule has 0 aliphatic heterocycles. The third kappa shape index (κ3) is 4.84. The lowest BCUT2D eigenvalue weighted by Crippen LogP contribution is -2.27. The fraction of sp³-hybridized carbons (Fsp3) is 0.160. The average Bonchev–Trinajstić information content (AvgIpc) is 2.84. The molecule has 0 saturated heterocycles. The molecule has 1 N–H and O–H groups in total. The van der Waals surface area contributed by atoms with Gasteiger partial charge in [0.1, 0.15) is 0 Å². The highest BCUT2D eigenvalue weighted by atomic mass is 32.2. The third-order valence-electron chi connectivity index (χ3n) is 5.47. The SMILES string of the molecule is Cc1cc([N+](=O)[O-])ccc1NC(=O)CSc1nc2ccccc2c(=O)n1C(C)c1ccccc1. The van der Waals surface area contributed by atoms with Gasteiger partial charge in [-0.15, -0.1) is 0 Å². The molecule has 1 amide bonds. The van der Waals surface area contributed by atoms with E-state index in [0.29, 0.717) is 27.3 Å². The number of benzene rings is 3. The van der Waals surface area contributed by atoms with Crippen molar-refractivity contribution in [1.82, 2.24) is 9.55 Å². The van der Waals surface area contributed by atoms with Crippen molar-refractivity contribution in [1.29, 1.82) is 0 Å². The Balaban J connectivity index is 1.62. The molecule has 0 aliphatic rings. The fourth-order valence-corrected chi connectivity index (χ4v) is 4.54. The van der Waals surface area contributed by atoms with Crippen LogP contribution in [0.5, 0.6) is 0 Å². The number of nitro benzene ring substituents is 1. The smallest absolute Gasteiger partial charge is 0.269 e. The molecule has 1 aromatic heterocycles. The summed E-state index contributed by atoms with van der Waals surface area (Å²) in [6.07, 6.45) is 0. The Morgan fingerprint density at radius 1 is 1.12 bits per heavy atom. The van der Waals surface area contributed by atoms with Crippen LogP contribution in [0, 0.1) is 17.0 Å². The molecule has 0 aliphatic carbocycles. The van der Waals surface area contributed by atoms with E-state index in [1.54, 1.807) is 29.7 Å². The number of hydrogen-bond acceptors (Lipinski definition) is 6. The molecule has 0 saturated carbocycles. The van der Waals surface area contributed by atoms with E-state index in [9.17, 15) is 19.7 Å². The maximum Gasteiger partial charge on any atom is 0.269 e. The van der Waals surface area contributed by atoms with Crippen LogP contribution >= 0.6 is 11.8 Å². The first-order valence-electron chi connectivity index (χ1n) is 10.6. The Bertz CT molecular complexity index is 1440. The third-order valence-corrected chi connectivity index (χ3v) is 6.42. The van der Waals surface area contributed by atoms with E-state index in [1.807, 2.05) is 43.3 Å². The van der Waals surface area contributed by atoms with E-state index in [1.165, 1.54) is 30.0 Å². The van der Waals surface area contributed by atoms with Gasteiger partial charge in [-0.25, -0.2) is 4.98 Å². The standard InChI is InChI=1S/C25H22N4O4S/c1-16-14-19(29(32)33)12-13-21(16)26-23(30)15-34-25-27-22-11-7-6-10-20(22)24(31)28(25)17(2)18-8-4-3-5-9-18/h3-14,17H,15H2,1-2H3,(H,26,30). The van der Waals surface area contributed by atoms with Crippen LogP contribution < -0.4 is 10.9 Å². The summed E-state index contributed by atoms with van der Waals surface area (Å²) in [5, 5.41) is 14.7. The lowest BCUT2D eigenvalue weighted by Gasteiger charge is -2.20. The number of thioether (sulfide) groups is 1. The number of rotatable bonds is 7. The summed E-state index contributed by atoms with van der Waals surface area (Å²) in [5.41, 5.74) is 2.40. The molecule has 0 radical (unpaired) electrons. The van der Waals surface area contributed by atoms with Gasteiger partial charge in [0.25, 0.3) is 11.2 Å². The monoisotopic (exact) mass is 474 g/mol. The number of hydrogen-bond donors (Lipinski definition) is 1. The lowest BCUT2D eigenvalue weighted by atomic mass is 10.1. The largest absolute Gasteiger partial charge is 0.325 e. The van der Waals surface area contributed by atoms with Gasteiger partial charge in [0.2, 0.25) is 5.91 Å². The Labute approximate surface area is 199 Å². The predicted molar refractivity (Wildman–Crippen MR) is 133 cm³/mol. The molecular formula is C25H22N4O4S. The van der Waals surface area contributed by atoms with Gasteiger partial charge in [0, 0.05) is 17.8 Å². The molecule has 9 heteroatoms. The van der Waals surface area contributed by atoms with Gasteiger partial charge >= 0.3 is 0 Å². The Hall–Kier alpha value is -3.98. The van der Waals surface area contributed by atoms with Crippen LogP contribution in [0.25, 0.3) is 10.9 Å². The number of nitrogens with zero attached hydrogens (tertiary/aromatic N) is 3. The van der Waals surface area contributed by atoms with Gasteiger partial charge in [-0.05, 0) is 43.2 Å². The van der Waals surface area contributed by atoms with Crippen LogP contribution in [-0.2, 0) is 4.79 Å². The van der Waals surface area contributed by atoms with Crippen molar-refractivity contribution in [2.45, 2.75) is 25.0 Å². The first-order chi connectivity index (χ1) is 16.3. The lowest BCUT2D eigenvalue weighted by molar-refractivity contribution is -0.384. The fourth-order valence-electron chi connectivity index (χ4n) is 3.67. The highest BCUT2D eigenvalue weighted by Crippen LogP contribution is 2.26. The molecule has 3 aromatic carbocycles. The molecule has 172 valence electrons. The molecule has 4 rings (SSSR count). The summed E-state index contributed by atoms with van der Waals surface area (Å²) in [6, 6.07) is 20.8. The van der Waals surface area contributed by atoms with Crippen molar-refractivity contribution < 1.29 is 9.72 Å². The first kappa shape index (κ1) is 23.2. The number of aromatic nitrogens is 2. The maximum absolute atomic E-state index is 13.4. The van der Waals surface area contributed by atoms with Crippen molar-refractivity contribution in [2.75, 3.05) is 11.1 Å². The van der Waals surface area contributed by atoms with Crippen LogP contribution in [0.15, 0.2) is 82.7 Å². The minimum atomic E-state index is -0.479. The molecular weight excluding hydrogens is 452 g/mol. The summed E-state index contributed by atoms with van der Waals surface area (Å²) in [4.78, 5) is 41.2. The van der Waals surface area contributed by atoms with Crippen LogP contribution in [0.1, 0.15) is 24.1 Å². The quantitative estimate of drug-likeness (QED) is 0.176. The van der Waals surface area contributed by atoms with Gasteiger partial charge in [-0.3, -0.25) is 24.3 Å². The van der Waals surface area contributed by atoms with Crippen molar-refractivity contribution in [3.8, 4) is 0 Å². The van der Waals surface area contributed by atoms with Gasteiger partial charge in [0.15, 0.2) is 5.16 Å². The highest BCUT2D eigenvalue weighted by molar-refractivity contribution is 7.99. The molecule has 8 nitrogen and oxygen atoms in total. The number of fused-ring (bicyclic) bond motifs is 1. The molecule has 0 spiro atoms. The van der Waals surface area contributed by atoms with E-state index in [2.05, 4.69) is 10.3 Å². The minimum absolute atomic E-state index is 0.0166. The molecule has 4 aromatic rings. The number of aryl methyl sites for hydroxylation is 1.